The van der Waals surface area contributed by atoms with E-state index in [2.05, 4.69) is 187 Å². The van der Waals surface area contributed by atoms with Gasteiger partial charge in [0.2, 0.25) is 0 Å². The van der Waals surface area contributed by atoms with Gasteiger partial charge in [-0.25, -0.2) is 4.98 Å². The van der Waals surface area contributed by atoms with Gasteiger partial charge in [-0.15, -0.1) is 34.0 Å². The Morgan fingerprint density at radius 3 is 1.56 bits per heavy atom. The Bertz CT molecular complexity index is 3140. The van der Waals surface area contributed by atoms with Crippen molar-refractivity contribution in [2.75, 3.05) is 4.90 Å². The fraction of sp³-hybridized carbons (Fsp3) is 0. The Morgan fingerprint density at radius 2 is 0.889 bits per heavy atom. The molecule has 0 aliphatic carbocycles. The van der Waals surface area contributed by atoms with Crippen LogP contribution in [-0.4, -0.2) is 4.98 Å². The summed E-state index contributed by atoms with van der Waals surface area (Å²) in [6.07, 6.45) is 0. The quantitative estimate of drug-likeness (QED) is 0.169. The zero-order valence-electron chi connectivity index (χ0n) is 28.9. The zero-order chi connectivity index (χ0) is 35.6. The standard InChI is InChI=1S/C49H30N2S3/c1-3-11-33(12-4-1)49-50-41-29-40-45(30-46(41)54-49)53-44-20-10-17-38(48(40)44)32-23-27-36(28-24-32)51(34-13-5-2-6-14-34)35-25-21-31(22-26-35)37-16-9-19-43-47(37)39-15-7-8-18-42(39)52-43/h1-30H. The molecule has 3 heterocycles. The summed E-state index contributed by atoms with van der Waals surface area (Å²) in [5.74, 6) is 0. The number of benzene rings is 8. The molecule has 5 heteroatoms. The van der Waals surface area contributed by atoms with E-state index in [1.54, 1.807) is 11.3 Å². The number of anilines is 3. The van der Waals surface area contributed by atoms with Gasteiger partial charge < -0.3 is 4.90 Å². The molecule has 0 unspecified atom stereocenters. The zero-order valence-corrected chi connectivity index (χ0v) is 31.4. The number of thiophene rings is 2. The molecular weight excluding hydrogens is 713 g/mol. The Balaban J connectivity index is 0.977. The van der Waals surface area contributed by atoms with Gasteiger partial charge in [-0.05, 0) is 89.0 Å². The van der Waals surface area contributed by atoms with Crippen LogP contribution in [0.5, 0.6) is 0 Å². The van der Waals surface area contributed by atoms with Crippen LogP contribution in [0.15, 0.2) is 182 Å². The van der Waals surface area contributed by atoms with Crippen LogP contribution in [0.3, 0.4) is 0 Å². The highest BCUT2D eigenvalue weighted by Crippen LogP contribution is 2.45. The van der Waals surface area contributed by atoms with Gasteiger partial charge in [0.15, 0.2) is 0 Å². The van der Waals surface area contributed by atoms with Crippen LogP contribution in [0.25, 0.3) is 83.4 Å². The van der Waals surface area contributed by atoms with E-state index in [1.165, 1.54) is 67.3 Å². The van der Waals surface area contributed by atoms with Crippen molar-refractivity contribution in [1.82, 2.24) is 4.98 Å². The van der Waals surface area contributed by atoms with Gasteiger partial charge in [-0.3, -0.25) is 0 Å². The highest BCUT2D eigenvalue weighted by atomic mass is 32.1. The van der Waals surface area contributed by atoms with Crippen LogP contribution in [0, 0.1) is 0 Å². The second kappa shape index (κ2) is 12.8. The van der Waals surface area contributed by atoms with Crippen molar-refractivity contribution in [2.24, 2.45) is 0 Å². The van der Waals surface area contributed by atoms with E-state index >= 15 is 0 Å². The third-order valence-corrected chi connectivity index (χ3v) is 13.6. The van der Waals surface area contributed by atoms with Crippen molar-refractivity contribution in [3.05, 3.63) is 182 Å². The molecule has 11 aromatic rings. The second-order valence-electron chi connectivity index (χ2n) is 13.5. The molecule has 0 fully saturated rings. The molecule has 0 bridgehead atoms. The molecule has 0 N–H and O–H groups in total. The van der Waals surface area contributed by atoms with E-state index < -0.39 is 0 Å². The molecule has 11 rings (SSSR count). The summed E-state index contributed by atoms with van der Waals surface area (Å²) in [4.78, 5) is 7.42. The van der Waals surface area contributed by atoms with Crippen molar-refractivity contribution in [3.8, 4) is 32.8 Å². The SMILES string of the molecule is c1ccc(-c2nc3cc4c(cc3s2)sc2cccc(-c3ccc(N(c5ccccc5)c5ccc(-c6cccc7sc8ccccc8c67)cc5)cc3)c24)cc1. The molecule has 54 heavy (non-hydrogen) atoms. The van der Waals surface area contributed by atoms with Crippen LogP contribution in [-0.2, 0) is 0 Å². The van der Waals surface area contributed by atoms with Crippen molar-refractivity contribution in [2.45, 2.75) is 0 Å². The first-order chi connectivity index (χ1) is 26.7. The molecule has 0 saturated carbocycles. The first kappa shape index (κ1) is 31.4. The molecule has 0 saturated heterocycles. The van der Waals surface area contributed by atoms with E-state index in [9.17, 15) is 0 Å². The molecule has 0 atom stereocenters. The minimum atomic E-state index is 1.06. The average molecular weight is 743 g/mol. The summed E-state index contributed by atoms with van der Waals surface area (Å²) < 4.78 is 6.47. The maximum atomic E-state index is 5.07. The summed E-state index contributed by atoms with van der Waals surface area (Å²) in [5.41, 5.74) is 10.5. The van der Waals surface area contributed by atoms with E-state index in [1.807, 2.05) is 22.7 Å². The third-order valence-electron chi connectivity index (χ3n) is 10.3. The number of para-hydroxylation sites is 1. The van der Waals surface area contributed by atoms with Gasteiger partial charge in [0, 0.05) is 63.0 Å². The number of aromatic nitrogens is 1. The maximum Gasteiger partial charge on any atom is 0.124 e. The Morgan fingerprint density at radius 1 is 0.352 bits per heavy atom. The normalized spacial score (nSPS) is 11.7. The molecule has 0 aliphatic rings. The lowest BCUT2D eigenvalue weighted by Crippen LogP contribution is -2.09. The minimum absolute atomic E-state index is 1.06. The molecule has 0 amide bonds. The lowest BCUT2D eigenvalue weighted by atomic mass is 9.98. The maximum absolute atomic E-state index is 5.07. The number of hydrogen-bond donors (Lipinski definition) is 0. The monoisotopic (exact) mass is 742 g/mol. The second-order valence-corrected chi connectivity index (χ2v) is 16.7. The van der Waals surface area contributed by atoms with Gasteiger partial charge in [0.1, 0.15) is 5.01 Å². The van der Waals surface area contributed by atoms with Crippen molar-refractivity contribution in [1.29, 1.82) is 0 Å². The van der Waals surface area contributed by atoms with E-state index in [0.717, 1.165) is 33.1 Å². The van der Waals surface area contributed by atoms with Crippen LogP contribution in [0.2, 0.25) is 0 Å². The molecule has 8 aromatic carbocycles. The van der Waals surface area contributed by atoms with E-state index in [0.29, 0.717) is 0 Å². The predicted molar refractivity (Wildman–Crippen MR) is 236 cm³/mol. The lowest BCUT2D eigenvalue weighted by molar-refractivity contribution is 1.28. The van der Waals surface area contributed by atoms with Gasteiger partial charge >= 0.3 is 0 Å². The molecular formula is C49H30N2S3. The minimum Gasteiger partial charge on any atom is -0.311 e. The fourth-order valence-electron chi connectivity index (χ4n) is 7.81. The number of rotatable bonds is 6. The van der Waals surface area contributed by atoms with E-state index in [4.69, 9.17) is 4.98 Å². The first-order valence-electron chi connectivity index (χ1n) is 18.0. The third kappa shape index (κ3) is 5.24. The molecule has 0 aliphatic heterocycles. The summed E-state index contributed by atoms with van der Waals surface area (Å²) in [6, 6.07) is 66.0. The summed E-state index contributed by atoms with van der Waals surface area (Å²) in [5, 5.41) is 6.29. The number of hydrogen-bond acceptors (Lipinski definition) is 5. The van der Waals surface area contributed by atoms with Gasteiger partial charge in [-0.1, -0.05) is 115 Å². The number of fused-ring (bicyclic) bond motifs is 7. The van der Waals surface area contributed by atoms with Crippen molar-refractivity contribution >= 4 is 102 Å². The topological polar surface area (TPSA) is 16.1 Å². The van der Waals surface area contributed by atoms with E-state index in [-0.39, 0.29) is 0 Å². The summed E-state index contributed by atoms with van der Waals surface area (Å²) in [6.45, 7) is 0. The lowest BCUT2D eigenvalue weighted by Gasteiger charge is -2.26. The first-order valence-corrected chi connectivity index (χ1v) is 20.5. The average Bonchev–Trinajstić information content (AvgIpc) is 3.94. The molecule has 254 valence electrons. The Kier molecular flexibility index (Phi) is 7.44. The highest BCUT2D eigenvalue weighted by molar-refractivity contribution is 7.27. The fourth-order valence-corrected chi connectivity index (χ4v) is 11.2. The summed E-state index contributed by atoms with van der Waals surface area (Å²) in [7, 11) is 0. The van der Waals surface area contributed by atoms with Gasteiger partial charge in [0.25, 0.3) is 0 Å². The van der Waals surface area contributed by atoms with Crippen LogP contribution in [0.4, 0.5) is 17.1 Å². The predicted octanol–water partition coefficient (Wildman–Crippen LogP) is 15.5. The summed E-state index contributed by atoms with van der Waals surface area (Å²) >= 11 is 5.50. The molecule has 2 nitrogen and oxygen atoms in total. The highest BCUT2D eigenvalue weighted by Gasteiger charge is 2.17. The van der Waals surface area contributed by atoms with Crippen molar-refractivity contribution < 1.29 is 0 Å². The number of thiazole rings is 1. The Labute approximate surface area is 324 Å². The number of nitrogens with zero attached hydrogens (tertiary/aromatic N) is 2. The smallest absolute Gasteiger partial charge is 0.124 e. The molecule has 3 aromatic heterocycles. The van der Waals surface area contributed by atoms with Gasteiger partial charge in [0.05, 0.1) is 10.2 Å². The van der Waals surface area contributed by atoms with Crippen molar-refractivity contribution in [3.63, 3.8) is 0 Å². The van der Waals surface area contributed by atoms with Gasteiger partial charge in [-0.2, -0.15) is 0 Å². The van der Waals surface area contributed by atoms with Crippen LogP contribution in [0.1, 0.15) is 0 Å². The van der Waals surface area contributed by atoms with Crippen LogP contribution >= 0.6 is 34.0 Å². The van der Waals surface area contributed by atoms with Crippen LogP contribution < -0.4 is 4.90 Å². The Hall–Kier alpha value is -6.11. The molecule has 0 spiro atoms. The largest absolute Gasteiger partial charge is 0.311 e. The molecule has 0 radical (unpaired) electrons.